The summed E-state index contributed by atoms with van der Waals surface area (Å²) in [6.45, 7) is 0.871. The molecule has 1 amide bonds. The summed E-state index contributed by atoms with van der Waals surface area (Å²) >= 11 is 11.2. The highest BCUT2D eigenvalue weighted by molar-refractivity contribution is 7.80. The van der Waals surface area contributed by atoms with Gasteiger partial charge in [0.2, 0.25) is 5.91 Å². The van der Waals surface area contributed by atoms with Crippen molar-refractivity contribution in [1.29, 1.82) is 0 Å². The topological polar surface area (TPSA) is 59.6 Å². The lowest BCUT2D eigenvalue weighted by atomic mass is 10.2. The normalized spacial score (nSPS) is 10.5. The van der Waals surface area contributed by atoms with E-state index in [4.69, 9.17) is 33.3 Å². The van der Waals surface area contributed by atoms with E-state index in [1.807, 2.05) is 72.8 Å². The molecule has 0 aliphatic carbocycles. The molecule has 31 heavy (non-hydrogen) atoms. The molecular weight excluding hydrogens is 432 g/mol. The Labute approximate surface area is 191 Å². The van der Waals surface area contributed by atoms with Gasteiger partial charge in [0.05, 0.1) is 0 Å². The number of carbonyl (C=O) groups is 1. The predicted molar refractivity (Wildman–Crippen MR) is 129 cm³/mol. The third-order valence-corrected chi connectivity index (χ3v) is 4.58. The Morgan fingerprint density at radius 3 is 2.16 bits per heavy atom. The summed E-state index contributed by atoms with van der Waals surface area (Å²) in [6, 6.07) is 24.1. The maximum absolute atomic E-state index is 12.0. The number of para-hydroxylation sites is 1. The van der Waals surface area contributed by atoms with Gasteiger partial charge in [0, 0.05) is 16.8 Å². The van der Waals surface area contributed by atoms with E-state index in [1.54, 1.807) is 12.1 Å². The first-order valence-corrected chi connectivity index (χ1v) is 10.3. The molecule has 0 aliphatic heterocycles. The van der Waals surface area contributed by atoms with Crippen molar-refractivity contribution in [2.75, 3.05) is 18.5 Å². The average molecular weight is 453 g/mol. The molecule has 3 rings (SSSR count). The Hall–Kier alpha value is -3.35. The summed E-state index contributed by atoms with van der Waals surface area (Å²) in [5.41, 5.74) is 1.48. The third kappa shape index (κ3) is 7.77. The van der Waals surface area contributed by atoms with E-state index in [2.05, 4.69) is 10.6 Å². The van der Waals surface area contributed by atoms with E-state index >= 15 is 0 Å². The number of hydrogen-bond donors (Lipinski definition) is 2. The Kier molecular flexibility index (Phi) is 8.46. The lowest BCUT2D eigenvalue weighted by Crippen LogP contribution is -2.32. The molecule has 0 heterocycles. The number of amides is 1. The standard InChI is InChI=1S/C24H21ClN2O3S/c25-22-9-5-4-6-18(22)10-15-23(28)27-24(31)26-19-11-13-21(14-12-19)30-17-16-29-20-7-2-1-3-8-20/h1-15H,16-17H2,(H2,26,27,28,31)/b15-10+. The highest BCUT2D eigenvalue weighted by atomic mass is 35.5. The van der Waals surface area contributed by atoms with Gasteiger partial charge in [0.15, 0.2) is 5.11 Å². The third-order valence-electron chi connectivity index (χ3n) is 4.03. The van der Waals surface area contributed by atoms with Crippen LogP contribution in [0.3, 0.4) is 0 Å². The molecule has 0 fully saturated rings. The number of ether oxygens (including phenoxy) is 2. The smallest absolute Gasteiger partial charge is 0.250 e. The van der Waals surface area contributed by atoms with Gasteiger partial charge in [0.1, 0.15) is 24.7 Å². The summed E-state index contributed by atoms with van der Waals surface area (Å²) in [5.74, 6) is 1.17. The highest BCUT2D eigenvalue weighted by Gasteiger charge is 2.03. The Morgan fingerprint density at radius 2 is 1.48 bits per heavy atom. The van der Waals surface area contributed by atoms with Crippen molar-refractivity contribution >= 4 is 46.6 Å². The fraction of sp³-hybridized carbons (Fsp3) is 0.0833. The second-order valence-corrected chi connectivity index (χ2v) is 7.15. The van der Waals surface area contributed by atoms with Crippen LogP contribution in [0.25, 0.3) is 6.08 Å². The first-order chi connectivity index (χ1) is 15.1. The first-order valence-electron chi connectivity index (χ1n) is 9.55. The van der Waals surface area contributed by atoms with Crippen LogP contribution in [0.2, 0.25) is 5.02 Å². The predicted octanol–water partition coefficient (Wildman–Crippen LogP) is 5.32. The number of benzene rings is 3. The fourth-order valence-corrected chi connectivity index (χ4v) is 2.98. The molecule has 0 spiro atoms. The molecule has 2 N–H and O–H groups in total. The number of anilines is 1. The van der Waals surface area contributed by atoms with Crippen LogP contribution in [0.1, 0.15) is 5.56 Å². The van der Waals surface area contributed by atoms with E-state index in [0.717, 1.165) is 17.0 Å². The monoisotopic (exact) mass is 452 g/mol. The van der Waals surface area contributed by atoms with Gasteiger partial charge >= 0.3 is 0 Å². The lowest BCUT2D eigenvalue weighted by molar-refractivity contribution is -0.115. The SMILES string of the molecule is O=C(/C=C/c1ccccc1Cl)NC(=S)Nc1ccc(OCCOc2ccccc2)cc1. The highest BCUT2D eigenvalue weighted by Crippen LogP contribution is 2.17. The van der Waals surface area contributed by atoms with Gasteiger partial charge in [-0.15, -0.1) is 0 Å². The van der Waals surface area contributed by atoms with Crippen molar-refractivity contribution in [3.63, 3.8) is 0 Å². The molecule has 3 aromatic rings. The summed E-state index contributed by atoms with van der Waals surface area (Å²) in [5, 5.41) is 6.32. The summed E-state index contributed by atoms with van der Waals surface area (Å²) in [6.07, 6.45) is 3.01. The quantitative estimate of drug-likeness (QED) is 0.275. The fourth-order valence-electron chi connectivity index (χ4n) is 2.56. The minimum atomic E-state index is -0.351. The minimum Gasteiger partial charge on any atom is -0.490 e. The molecule has 5 nitrogen and oxygen atoms in total. The molecule has 0 unspecified atom stereocenters. The van der Waals surface area contributed by atoms with Crippen molar-refractivity contribution in [3.8, 4) is 11.5 Å². The van der Waals surface area contributed by atoms with Gasteiger partial charge in [-0.05, 0) is 66.3 Å². The van der Waals surface area contributed by atoms with E-state index in [1.165, 1.54) is 6.08 Å². The zero-order valence-electron chi connectivity index (χ0n) is 16.6. The summed E-state index contributed by atoms with van der Waals surface area (Å²) in [7, 11) is 0. The van der Waals surface area contributed by atoms with E-state index in [0.29, 0.717) is 24.0 Å². The van der Waals surface area contributed by atoms with Gasteiger partial charge in [0.25, 0.3) is 0 Å². The maximum atomic E-state index is 12.0. The zero-order valence-corrected chi connectivity index (χ0v) is 18.2. The molecule has 3 aromatic carbocycles. The number of halogens is 1. The zero-order chi connectivity index (χ0) is 21.9. The number of hydrogen-bond acceptors (Lipinski definition) is 4. The molecule has 158 valence electrons. The summed E-state index contributed by atoms with van der Waals surface area (Å²) < 4.78 is 11.2. The molecule has 0 aromatic heterocycles. The Morgan fingerprint density at radius 1 is 0.871 bits per heavy atom. The molecule has 0 aliphatic rings. The summed E-state index contributed by atoms with van der Waals surface area (Å²) in [4.78, 5) is 12.0. The van der Waals surface area contributed by atoms with Crippen molar-refractivity contribution in [2.45, 2.75) is 0 Å². The van der Waals surface area contributed by atoms with Gasteiger partial charge in [-0.1, -0.05) is 48.0 Å². The molecule has 7 heteroatoms. The molecule has 0 atom stereocenters. The van der Waals surface area contributed by atoms with Crippen molar-refractivity contribution in [3.05, 3.63) is 95.5 Å². The van der Waals surface area contributed by atoms with Crippen LogP contribution >= 0.6 is 23.8 Å². The van der Waals surface area contributed by atoms with Gasteiger partial charge in [-0.25, -0.2) is 0 Å². The molecule has 0 bridgehead atoms. The second-order valence-electron chi connectivity index (χ2n) is 6.33. The largest absolute Gasteiger partial charge is 0.490 e. The minimum absolute atomic E-state index is 0.193. The number of rotatable bonds is 8. The first kappa shape index (κ1) is 22.3. The van der Waals surface area contributed by atoms with Crippen LogP contribution < -0.4 is 20.1 Å². The van der Waals surface area contributed by atoms with Crippen LogP contribution in [0.4, 0.5) is 5.69 Å². The van der Waals surface area contributed by atoms with Crippen LogP contribution in [0, 0.1) is 0 Å². The number of thiocarbonyl (C=S) groups is 1. The molecule has 0 saturated carbocycles. The van der Waals surface area contributed by atoms with Gasteiger partial charge in [-0.2, -0.15) is 0 Å². The maximum Gasteiger partial charge on any atom is 0.250 e. The van der Waals surface area contributed by atoms with Crippen molar-refractivity contribution in [2.24, 2.45) is 0 Å². The van der Waals surface area contributed by atoms with Crippen molar-refractivity contribution in [1.82, 2.24) is 5.32 Å². The van der Waals surface area contributed by atoms with E-state index < -0.39 is 0 Å². The van der Waals surface area contributed by atoms with Gasteiger partial charge in [-0.3, -0.25) is 10.1 Å². The molecular formula is C24H21ClN2O3S. The van der Waals surface area contributed by atoms with Crippen LogP contribution in [-0.4, -0.2) is 24.2 Å². The van der Waals surface area contributed by atoms with Crippen LogP contribution in [-0.2, 0) is 4.79 Å². The number of carbonyl (C=O) groups excluding carboxylic acids is 1. The van der Waals surface area contributed by atoms with E-state index in [9.17, 15) is 4.79 Å². The Balaban J connectivity index is 1.40. The molecule has 0 saturated heterocycles. The average Bonchev–Trinajstić information content (AvgIpc) is 2.78. The van der Waals surface area contributed by atoms with E-state index in [-0.39, 0.29) is 11.0 Å². The van der Waals surface area contributed by atoms with Gasteiger partial charge < -0.3 is 14.8 Å². The van der Waals surface area contributed by atoms with Crippen LogP contribution in [0.15, 0.2) is 84.9 Å². The lowest BCUT2D eigenvalue weighted by Gasteiger charge is -2.10. The van der Waals surface area contributed by atoms with Crippen LogP contribution in [0.5, 0.6) is 11.5 Å². The van der Waals surface area contributed by atoms with Crippen molar-refractivity contribution < 1.29 is 14.3 Å². The molecule has 0 radical (unpaired) electrons. The second kappa shape index (κ2) is 11.7. The Bertz CT molecular complexity index is 1040. The number of nitrogens with one attached hydrogen (secondary N) is 2.